The number of likely N-dealkylation sites (tertiary alicyclic amines) is 1. The van der Waals surface area contributed by atoms with E-state index in [-0.39, 0.29) is 24.3 Å². The van der Waals surface area contributed by atoms with Gasteiger partial charge in [0.1, 0.15) is 12.1 Å². The van der Waals surface area contributed by atoms with Crippen LogP contribution >= 0.6 is 0 Å². The first kappa shape index (κ1) is 20.0. The zero-order valence-electron chi connectivity index (χ0n) is 16.6. The van der Waals surface area contributed by atoms with E-state index >= 15 is 0 Å². The van der Waals surface area contributed by atoms with Crippen LogP contribution in [0.25, 0.3) is 0 Å². The van der Waals surface area contributed by atoms with Crippen LogP contribution < -0.4 is 10.1 Å². The Morgan fingerprint density at radius 1 is 1.31 bits per heavy atom. The van der Waals surface area contributed by atoms with Gasteiger partial charge < -0.3 is 10.1 Å². The molecule has 0 spiro atoms. The van der Waals surface area contributed by atoms with Gasteiger partial charge in [-0.1, -0.05) is 18.2 Å². The smallest absolute Gasteiger partial charge is 0.411 e. The summed E-state index contributed by atoms with van der Waals surface area (Å²) >= 11 is 0. The van der Waals surface area contributed by atoms with Crippen LogP contribution in [-0.4, -0.2) is 52.1 Å². The summed E-state index contributed by atoms with van der Waals surface area (Å²) < 4.78 is 47.3. The average Bonchev–Trinajstić information content (AvgIpc) is 3.15. The molecule has 2 aromatic rings. The Balaban J connectivity index is 1.49. The number of alkyl halides is 3. The normalized spacial score (nSPS) is 25.3. The maximum absolute atomic E-state index is 13.6. The fourth-order valence-electron chi connectivity index (χ4n) is 4.66. The molecule has 0 aliphatic carbocycles. The van der Waals surface area contributed by atoms with Crippen molar-refractivity contribution in [2.24, 2.45) is 5.92 Å². The zero-order chi connectivity index (χ0) is 20.6. The molecule has 1 saturated heterocycles. The van der Waals surface area contributed by atoms with Crippen molar-refractivity contribution in [3.8, 4) is 5.75 Å². The van der Waals surface area contributed by atoms with E-state index < -0.39 is 12.2 Å². The number of methoxy groups -OCH3 is 1. The van der Waals surface area contributed by atoms with Gasteiger partial charge in [-0.05, 0) is 44.2 Å². The molecular weight excluding hydrogens is 383 g/mol. The van der Waals surface area contributed by atoms with Crippen molar-refractivity contribution in [3.05, 3.63) is 35.7 Å². The number of aromatic nitrogens is 3. The van der Waals surface area contributed by atoms with E-state index in [1.54, 1.807) is 7.11 Å². The molecule has 2 aliphatic rings. The van der Waals surface area contributed by atoms with Gasteiger partial charge in [0.15, 0.2) is 6.04 Å². The van der Waals surface area contributed by atoms with Crippen LogP contribution in [0.5, 0.6) is 5.75 Å². The predicted octanol–water partition coefficient (Wildman–Crippen LogP) is 3.79. The highest BCUT2D eigenvalue weighted by Gasteiger charge is 2.48. The third-order valence-electron chi connectivity index (χ3n) is 6.04. The number of nitrogens with one attached hydrogen (secondary N) is 1. The lowest BCUT2D eigenvalue weighted by molar-refractivity contribution is -0.174. The van der Waals surface area contributed by atoms with Crippen LogP contribution in [0.2, 0.25) is 0 Å². The molecule has 3 heterocycles. The minimum Gasteiger partial charge on any atom is -0.496 e. The number of hydrogen-bond donors (Lipinski definition) is 1. The van der Waals surface area contributed by atoms with Gasteiger partial charge in [0, 0.05) is 24.7 Å². The number of anilines is 1. The Kier molecular flexibility index (Phi) is 5.42. The monoisotopic (exact) mass is 409 g/mol. The van der Waals surface area contributed by atoms with Crippen LogP contribution in [0.15, 0.2) is 24.5 Å². The van der Waals surface area contributed by atoms with Crippen molar-refractivity contribution in [1.29, 1.82) is 0 Å². The number of halogens is 3. The van der Waals surface area contributed by atoms with Gasteiger partial charge in [-0.3, -0.25) is 4.90 Å². The molecule has 4 rings (SSSR count). The topological polar surface area (TPSA) is 55.2 Å². The molecule has 0 saturated carbocycles. The number of fused-ring (bicyclic) bond motifs is 1. The van der Waals surface area contributed by atoms with Gasteiger partial charge in [-0.15, -0.1) is 0 Å². The molecule has 9 heteroatoms. The molecule has 0 bridgehead atoms. The van der Waals surface area contributed by atoms with Crippen LogP contribution in [0.3, 0.4) is 0 Å². The first-order valence-corrected chi connectivity index (χ1v) is 9.94. The quantitative estimate of drug-likeness (QED) is 0.833. The molecule has 0 radical (unpaired) electrons. The molecular formula is C20H26F3N5O. The third kappa shape index (κ3) is 4.05. The fraction of sp³-hybridized carbons (Fsp3) is 0.600. The van der Waals surface area contributed by atoms with Crippen LogP contribution in [-0.2, 0) is 6.54 Å². The molecule has 158 valence electrons. The lowest BCUT2D eigenvalue weighted by atomic mass is 9.85. The van der Waals surface area contributed by atoms with E-state index in [1.807, 2.05) is 19.1 Å². The molecule has 2 aliphatic heterocycles. The molecule has 1 N–H and O–H groups in total. The summed E-state index contributed by atoms with van der Waals surface area (Å²) in [4.78, 5) is 6.31. The summed E-state index contributed by atoms with van der Waals surface area (Å²) in [6.07, 6.45) is -1.32. The van der Waals surface area contributed by atoms with E-state index in [1.165, 1.54) is 6.33 Å². The van der Waals surface area contributed by atoms with Crippen molar-refractivity contribution in [2.75, 3.05) is 25.5 Å². The average molecular weight is 409 g/mol. The van der Waals surface area contributed by atoms with Crippen molar-refractivity contribution in [1.82, 2.24) is 19.7 Å². The van der Waals surface area contributed by atoms with Crippen molar-refractivity contribution in [2.45, 2.75) is 51.0 Å². The van der Waals surface area contributed by atoms with E-state index in [0.717, 1.165) is 54.0 Å². The summed E-state index contributed by atoms with van der Waals surface area (Å²) in [7, 11) is 1.67. The Labute approximate surface area is 168 Å². The highest BCUT2D eigenvalue weighted by molar-refractivity contribution is 5.40. The lowest BCUT2D eigenvalue weighted by Gasteiger charge is -2.41. The minimum absolute atomic E-state index is 0.0217. The number of rotatable bonds is 4. The second-order valence-electron chi connectivity index (χ2n) is 7.98. The molecule has 1 unspecified atom stereocenters. The molecule has 1 fully saturated rings. The molecule has 29 heavy (non-hydrogen) atoms. The van der Waals surface area contributed by atoms with Gasteiger partial charge in [-0.2, -0.15) is 23.3 Å². The Hall–Kier alpha value is -2.29. The van der Waals surface area contributed by atoms with Crippen molar-refractivity contribution in [3.63, 3.8) is 0 Å². The summed E-state index contributed by atoms with van der Waals surface area (Å²) in [5, 5.41) is 6.98. The number of nitrogens with zero attached hydrogens (tertiary/aromatic N) is 4. The Morgan fingerprint density at radius 3 is 2.90 bits per heavy atom. The maximum atomic E-state index is 13.6. The molecule has 1 aromatic heterocycles. The van der Waals surface area contributed by atoms with E-state index in [4.69, 9.17) is 4.74 Å². The van der Waals surface area contributed by atoms with Gasteiger partial charge >= 0.3 is 6.18 Å². The highest BCUT2D eigenvalue weighted by atomic mass is 19.4. The number of aryl methyl sites for hydroxylation is 1. The maximum Gasteiger partial charge on any atom is 0.411 e. The van der Waals surface area contributed by atoms with Crippen molar-refractivity contribution < 1.29 is 17.9 Å². The Bertz CT molecular complexity index is 853. The van der Waals surface area contributed by atoms with Gasteiger partial charge in [-0.25, -0.2) is 4.68 Å². The number of piperidine rings is 1. The second-order valence-corrected chi connectivity index (χ2v) is 7.98. The Morgan fingerprint density at radius 2 is 2.14 bits per heavy atom. The van der Waals surface area contributed by atoms with Crippen molar-refractivity contribution >= 4 is 5.95 Å². The lowest BCUT2D eigenvalue weighted by Crippen LogP contribution is -2.47. The fourth-order valence-corrected chi connectivity index (χ4v) is 4.66. The number of benzene rings is 1. The van der Waals surface area contributed by atoms with Crippen LogP contribution in [0.1, 0.15) is 36.4 Å². The van der Waals surface area contributed by atoms with E-state index in [9.17, 15) is 13.2 Å². The third-order valence-corrected chi connectivity index (χ3v) is 6.04. The molecule has 1 aromatic carbocycles. The van der Waals surface area contributed by atoms with Gasteiger partial charge in [0.2, 0.25) is 5.95 Å². The second kappa shape index (κ2) is 7.85. The standard InChI is InChI=1S/C20H26F3N5O/c1-13-5-3-6-15(18(13)29-2)11-27-8-4-7-14(10-27)16-9-17(20(21,22)23)28-19(26-16)24-12-25-28/h3,5-6,12,14,16-17H,4,7-11H2,1-2H3,(H,24,25,26)/t14?,16-,17+/m0/s1. The predicted molar refractivity (Wildman–Crippen MR) is 103 cm³/mol. The number of hydrogen-bond acceptors (Lipinski definition) is 5. The highest BCUT2D eigenvalue weighted by Crippen LogP contribution is 2.41. The van der Waals surface area contributed by atoms with Crippen LogP contribution in [0.4, 0.5) is 19.1 Å². The summed E-state index contributed by atoms with van der Waals surface area (Å²) in [5.41, 5.74) is 2.19. The molecule has 0 amide bonds. The van der Waals surface area contributed by atoms with E-state index in [2.05, 4.69) is 26.4 Å². The number of ether oxygens (including phenoxy) is 1. The summed E-state index contributed by atoms with van der Waals surface area (Å²) in [6.45, 7) is 4.42. The number of para-hydroxylation sites is 1. The first-order chi connectivity index (χ1) is 13.9. The zero-order valence-corrected chi connectivity index (χ0v) is 16.6. The summed E-state index contributed by atoms with van der Waals surface area (Å²) in [6, 6.07) is 4.17. The minimum atomic E-state index is -4.34. The van der Waals surface area contributed by atoms with Gasteiger partial charge in [0.05, 0.1) is 7.11 Å². The first-order valence-electron chi connectivity index (χ1n) is 9.94. The van der Waals surface area contributed by atoms with Crippen LogP contribution in [0, 0.1) is 12.8 Å². The SMILES string of the molecule is COc1c(C)cccc1CN1CCCC([C@@H]2C[C@H](C(F)(F)F)n3ncnc3N2)C1. The summed E-state index contributed by atoms with van der Waals surface area (Å²) in [5.74, 6) is 1.21. The molecule has 6 nitrogen and oxygen atoms in total. The van der Waals surface area contributed by atoms with Gasteiger partial charge in [0.25, 0.3) is 0 Å². The molecule has 3 atom stereocenters. The van der Waals surface area contributed by atoms with E-state index in [0.29, 0.717) is 0 Å². The largest absolute Gasteiger partial charge is 0.496 e.